The molecule has 0 aliphatic carbocycles. The van der Waals surface area contributed by atoms with E-state index in [2.05, 4.69) is 19.1 Å². The maximum Gasteiger partial charge on any atom is 0.123 e. The Bertz CT molecular complexity index is 958. The predicted octanol–water partition coefficient (Wildman–Crippen LogP) is 3.62. The average Bonchev–Trinajstić information content (AvgIpc) is 3.21. The number of hydrogen-bond acceptors (Lipinski definition) is 6. The molecule has 0 bridgehead atoms. The van der Waals surface area contributed by atoms with Crippen molar-refractivity contribution < 1.29 is 24.8 Å². The minimum Gasteiger partial charge on any atom is -0.394 e. The molecule has 1 heterocycles. The molecule has 0 amide bonds. The highest BCUT2D eigenvalue weighted by Crippen LogP contribution is 2.31. The molecule has 7 heteroatoms. The molecule has 4 nitrogen and oxygen atoms in total. The van der Waals surface area contributed by atoms with Crippen molar-refractivity contribution >= 4 is 23.1 Å². The summed E-state index contributed by atoms with van der Waals surface area (Å²) in [4.78, 5) is 3.24. The second-order valence-corrected chi connectivity index (χ2v) is 9.42. The van der Waals surface area contributed by atoms with Crippen LogP contribution < -0.4 is 0 Å². The van der Waals surface area contributed by atoms with Crippen molar-refractivity contribution in [3.63, 3.8) is 0 Å². The summed E-state index contributed by atoms with van der Waals surface area (Å²) in [7, 11) is 0. The summed E-state index contributed by atoms with van der Waals surface area (Å²) in [5, 5.41) is 38.1. The Balaban J connectivity index is 1.66. The highest BCUT2D eigenvalue weighted by molar-refractivity contribution is 7.99. The summed E-state index contributed by atoms with van der Waals surface area (Å²) < 4.78 is 13.1. The van der Waals surface area contributed by atoms with Crippen LogP contribution in [0.5, 0.6) is 0 Å². The molecule has 160 valence electrons. The van der Waals surface area contributed by atoms with E-state index >= 15 is 0 Å². The van der Waals surface area contributed by atoms with Crippen molar-refractivity contribution in [2.45, 2.75) is 36.6 Å². The lowest BCUT2D eigenvalue weighted by Crippen LogP contribution is -2.40. The quantitative estimate of drug-likeness (QED) is 0.376. The van der Waals surface area contributed by atoms with Gasteiger partial charge in [-0.15, -0.1) is 23.1 Å². The summed E-state index contributed by atoms with van der Waals surface area (Å²) in [6.45, 7) is 1.45. The SMILES string of the molecule is Cc1ccc(SCC(O)C(O)C(O)CO)cc1Cc1ccc(-c2ccc(F)cc2)s1. The summed E-state index contributed by atoms with van der Waals surface area (Å²) >= 11 is 3.06. The maximum atomic E-state index is 13.1. The monoisotopic (exact) mass is 448 g/mol. The van der Waals surface area contributed by atoms with Gasteiger partial charge < -0.3 is 20.4 Å². The molecule has 0 fully saturated rings. The smallest absolute Gasteiger partial charge is 0.123 e. The third kappa shape index (κ3) is 5.91. The van der Waals surface area contributed by atoms with Gasteiger partial charge in [0, 0.05) is 26.8 Å². The summed E-state index contributed by atoms with van der Waals surface area (Å²) in [5.41, 5.74) is 3.32. The topological polar surface area (TPSA) is 80.9 Å². The zero-order chi connectivity index (χ0) is 21.7. The van der Waals surface area contributed by atoms with E-state index in [1.54, 1.807) is 23.5 Å². The van der Waals surface area contributed by atoms with Gasteiger partial charge in [-0.25, -0.2) is 4.39 Å². The Hall–Kier alpha value is -1.74. The molecule has 0 saturated heterocycles. The Kier molecular flexibility index (Phi) is 8.05. The Labute approximate surface area is 183 Å². The van der Waals surface area contributed by atoms with Gasteiger partial charge in [0.05, 0.1) is 12.7 Å². The largest absolute Gasteiger partial charge is 0.394 e. The average molecular weight is 449 g/mol. The molecule has 0 saturated carbocycles. The maximum absolute atomic E-state index is 13.1. The fourth-order valence-electron chi connectivity index (χ4n) is 3.00. The molecular formula is C23H25FO4S2. The first-order valence-corrected chi connectivity index (χ1v) is 11.4. The molecular weight excluding hydrogens is 423 g/mol. The number of halogens is 1. The van der Waals surface area contributed by atoms with Crippen LogP contribution in [-0.2, 0) is 6.42 Å². The second-order valence-electron chi connectivity index (χ2n) is 7.16. The highest BCUT2D eigenvalue weighted by Gasteiger charge is 2.24. The number of benzene rings is 2. The fourth-order valence-corrected chi connectivity index (χ4v) is 4.99. The molecule has 1 aromatic heterocycles. The van der Waals surface area contributed by atoms with Crippen molar-refractivity contribution in [2.75, 3.05) is 12.4 Å². The number of hydrogen-bond donors (Lipinski definition) is 4. The molecule has 0 radical (unpaired) electrons. The standard InChI is InChI=1S/C23H25FO4S2/c1-14-2-7-18(29-13-21(27)23(28)20(26)12-25)10-16(14)11-19-8-9-22(30-19)15-3-5-17(24)6-4-15/h2-10,20-21,23,25-28H,11-13H2,1H3. The molecule has 3 atom stereocenters. The lowest BCUT2D eigenvalue weighted by Gasteiger charge is -2.21. The van der Waals surface area contributed by atoms with Gasteiger partial charge in [-0.2, -0.15) is 0 Å². The molecule has 4 N–H and O–H groups in total. The number of aryl methyl sites for hydroxylation is 1. The van der Waals surface area contributed by atoms with Crippen LogP contribution in [-0.4, -0.2) is 51.1 Å². The molecule has 30 heavy (non-hydrogen) atoms. The van der Waals surface area contributed by atoms with E-state index in [0.717, 1.165) is 32.9 Å². The van der Waals surface area contributed by atoms with E-state index in [0.29, 0.717) is 0 Å². The molecule has 2 aromatic carbocycles. The van der Waals surface area contributed by atoms with Crippen LogP contribution in [0.1, 0.15) is 16.0 Å². The zero-order valence-corrected chi connectivity index (χ0v) is 18.2. The molecule has 3 rings (SSSR count). The van der Waals surface area contributed by atoms with E-state index in [9.17, 15) is 19.7 Å². The minimum atomic E-state index is -1.39. The summed E-state index contributed by atoms with van der Waals surface area (Å²) in [5.74, 6) is -0.0435. The number of aliphatic hydroxyl groups is 4. The van der Waals surface area contributed by atoms with Gasteiger partial charge in [-0.3, -0.25) is 0 Å². The predicted molar refractivity (Wildman–Crippen MR) is 120 cm³/mol. The lowest BCUT2D eigenvalue weighted by atomic mass is 10.1. The van der Waals surface area contributed by atoms with Crippen molar-refractivity contribution in [1.82, 2.24) is 0 Å². The van der Waals surface area contributed by atoms with Gasteiger partial charge in [0.2, 0.25) is 0 Å². The number of rotatable bonds is 9. The van der Waals surface area contributed by atoms with Crippen LogP contribution in [0.3, 0.4) is 0 Å². The van der Waals surface area contributed by atoms with Gasteiger partial charge in [0.1, 0.15) is 18.0 Å². The first-order valence-electron chi connectivity index (χ1n) is 9.59. The van der Waals surface area contributed by atoms with Crippen molar-refractivity contribution in [3.8, 4) is 10.4 Å². The van der Waals surface area contributed by atoms with Crippen molar-refractivity contribution in [2.24, 2.45) is 0 Å². The van der Waals surface area contributed by atoms with Crippen LogP contribution in [0.15, 0.2) is 59.5 Å². The van der Waals surface area contributed by atoms with Crippen molar-refractivity contribution in [3.05, 3.63) is 76.4 Å². The summed E-state index contributed by atoms with van der Waals surface area (Å²) in [6.07, 6.45) is -3.12. The third-order valence-corrected chi connectivity index (χ3v) is 7.10. The highest BCUT2D eigenvalue weighted by atomic mass is 32.2. The van der Waals surface area contributed by atoms with Crippen LogP contribution >= 0.6 is 23.1 Å². The Morgan fingerprint density at radius 1 is 0.967 bits per heavy atom. The summed E-state index contributed by atoms with van der Waals surface area (Å²) in [6, 6.07) is 16.7. The van der Waals surface area contributed by atoms with E-state index in [-0.39, 0.29) is 11.6 Å². The third-order valence-electron chi connectivity index (χ3n) is 4.87. The van der Waals surface area contributed by atoms with Crippen LogP contribution in [0.25, 0.3) is 10.4 Å². The second kappa shape index (κ2) is 10.5. The Morgan fingerprint density at radius 3 is 2.40 bits per heavy atom. The zero-order valence-electron chi connectivity index (χ0n) is 16.5. The van der Waals surface area contributed by atoms with Gasteiger partial charge in [0.15, 0.2) is 0 Å². The Morgan fingerprint density at radius 2 is 1.70 bits per heavy atom. The number of aliphatic hydroxyl groups excluding tert-OH is 4. The number of thiophene rings is 1. The van der Waals surface area contributed by atoms with Gasteiger partial charge >= 0.3 is 0 Å². The fraction of sp³-hybridized carbons (Fsp3) is 0.304. The van der Waals surface area contributed by atoms with Gasteiger partial charge in [-0.1, -0.05) is 18.2 Å². The molecule has 0 spiro atoms. The van der Waals surface area contributed by atoms with Gasteiger partial charge in [-0.05, 0) is 60.0 Å². The molecule has 0 aliphatic heterocycles. The molecule has 0 aliphatic rings. The van der Waals surface area contributed by atoms with E-state index in [4.69, 9.17) is 5.11 Å². The minimum absolute atomic E-state index is 0.203. The first-order chi connectivity index (χ1) is 14.4. The number of thioether (sulfide) groups is 1. The first kappa shape index (κ1) is 22.9. The van der Waals surface area contributed by atoms with Crippen molar-refractivity contribution in [1.29, 1.82) is 0 Å². The lowest BCUT2D eigenvalue weighted by molar-refractivity contribution is -0.0683. The van der Waals surface area contributed by atoms with Gasteiger partial charge in [0.25, 0.3) is 0 Å². The molecule has 3 aromatic rings. The van der Waals surface area contributed by atoms with E-state index in [1.807, 2.05) is 18.2 Å². The molecule has 3 unspecified atom stereocenters. The normalized spacial score (nSPS) is 14.5. The van der Waals surface area contributed by atoms with E-state index in [1.165, 1.54) is 28.8 Å². The van der Waals surface area contributed by atoms with Crippen LogP contribution in [0.2, 0.25) is 0 Å². The van der Waals surface area contributed by atoms with Crippen LogP contribution in [0, 0.1) is 12.7 Å². The van der Waals surface area contributed by atoms with Crippen LogP contribution in [0.4, 0.5) is 4.39 Å². The van der Waals surface area contributed by atoms with E-state index < -0.39 is 24.9 Å².